The van der Waals surface area contributed by atoms with Crippen molar-refractivity contribution in [1.29, 1.82) is 0 Å². The minimum atomic E-state index is -0.406. The predicted octanol–water partition coefficient (Wildman–Crippen LogP) is 3.48. The molecule has 108 valence electrons. The number of halogens is 2. The maximum atomic E-state index is 13.5. The summed E-state index contributed by atoms with van der Waals surface area (Å²) in [5.74, 6) is 0.671. The van der Waals surface area contributed by atoms with Crippen molar-refractivity contribution >= 4 is 32.9 Å². The number of aromatic amines is 1. The molecule has 0 bridgehead atoms. The van der Waals surface area contributed by atoms with E-state index in [1.165, 1.54) is 6.07 Å². The first kappa shape index (κ1) is 13.7. The van der Waals surface area contributed by atoms with Crippen molar-refractivity contribution in [2.24, 2.45) is 0 Å². The molecule has 8 heteroatoms. The van der Waals surface area contributed by atoms with E-state index in [4.69, 9.17) is 4.74 Å². The van der Waals surface area contributed by atoms with Gasteiger partial charge in [0.05, 0.1) is 10.7 Å². The van der Waals surface area contributed by atoms with Crippen molar-refractivity contribution in [3.8, 4) is 11.6 Å². The zero-order chi connectivity index (χ0) is 14.8. The summed E-state index contributed by atoms with van der Waals surface area (Å²) in [5, 5.41) is 10.3. The second kappa shape index (κ2) is 5.65. The zero-order valence-electron chi connectivity index (χ0n) is 11.0. The number of fused-ring (bicyclic) bond motifs is 1. The van der Waals surface area contributed by atoms with Crippen LogP contribution in [0.4, 0.5) is 10.3 Å². The molecule has 0 atom stereocenters. The fourth-order valence-corrected chi connectivity index (χ4v) is 2.02. The lowest BCUT2D eigenvalue weighted by atomic mass is 10.3. The van der Waals surface area contributed by atoms with Crippen LogP contribution in [0.3, 0.4) is 0 Å². The molecular formula is C13H11BrFN5O. The highest BCUT2D eigenvalue weighted by atomic mass is 79.9. The number of benzene rings is 1. The van der Waals surface area contributed by atoms with Gasteiger partial charge in [-0.05, 0) is 35.0 Å². The lowest BCUT2D eigenvalue weighted by Crippen LogP contribution is -2.03. The number of nitrogens with one attached hydrogen (secondary N) is 2. The van der Waals surface area contributed by atoms with Gasteiger partial charge < -0.3 is 10.1 Å². The third-order valence-electron chi connectivity index (χ3n) is 2.72. The third-order valence-corrected chi connectivity index (χ3v) is 3.36. The summed E-state index contributed by atoms with van der Waals surface area (Å²) in [5.41, 5.74) is 0.550. The molecule has 2 heterocycles. The highest BCUT2D eigenvalue weighted by Gasteiger charge is 2.12. The number of H-pyrrole nitrogens is 1. The molecule has 0 aliphatic carbocycles. The van der Waals surface area contributed by atoms with E-state index in [-0.39, 0.29) is 0 Å². The Labute approximate surface area is 127 Å². The SMILES string of the molecule is CCNc1nc(Oc2ccc(Br)c(F)c2)c2cn[nH]c2n1. The Morgan fingerprint density at radius 1 is 1.38 bits per heavy atom. The second-order valence-corrected chi connectivity index (χ2v) is 5.05. The van der Waals surface area contributed by atoms with Gasteiger partial charge in [-0.2, -0.15) is 15.1 Å². The van der Waals surface area contributed by atoms with Gasteiger partial charge in [0.15, 0.2) is 5.65 Å². The molecule has 3 aromatic rings. The molecule has 2 aromatic heterocycles. The lowest BCUT2D eigenvalue weighted by molar-refractivity contribution is 0.463. The van der Waals surface area contributed by atoms with Gasteiger partial charge in [-0.1, -0.05) is 0 Å². The normalized spacial score (nSPS) is 10.8. The van der Waals surface area contributed by atoms with E-state index < -0.39 is 5.82 Å². The maximum Gasteiger partial charge on any atom is 0.235 e. The van der Waals surface area contributed by atoms with Crippen LogP contribution in [0.25, 0.3) is 11.0 Å². The molecule has 3 rings (SSSR count). The molecule has 6 nitrogen and oxygen atoms in total. The van der Waals surface area contributed by atoms with Crippen LogP contribution in [0, 0.1) is 5.82 Å². The van der Waals surface area contributed by atoms with Gasteiger partial charge in [-0.15, -0.1) is 0 Å². The van der Waals surface area contributed by atoms with E-state index in [0.717, 1.165) is 0 Å². The van der Waals surface area contributed by atoms with Crippen molar-refractivity contribution in [1.82, 2.24) is 20.2 Å². The molecule has 2 N–H and O–H groups in total. The van der Waals surface area contributed by atoms with Gasteiger partial charge in [0.1, 0.15) is 17.0 Å². The van der Waals surface area contributed by atoms with Gasteiger partial charge >= 0.3 is 0 Å². The summed E-state index contributed by atoms with van der Waals surface area (Å²) < 4.78 is 19.6. The number of rotatable bonds is 4. The van der Waals surface area contributed by atoms with E-state index in [9.17, 15) is 4.39 Å². The predicted molar refractivity (Wildman–Crippen MR) is 80.0 cm³/mol. The molecule has 0 spiro atoms. The van der Waals surface area contributed by atoms with Crippen LogP contribution in [-0.2, 0) is 0 Å². The van der Waals surface area contributed by atoms with Crippen LogP contribution in [0.2, 0.25) is 0 Å². The van der Waals surface area contributed by atoms with Gasteiger partial charge in [-0.3, -0.25) is 5.10 Å². The second-order valence-electron chi connectivity index (χ2n) is 4.19. The number of aromatic nitrogens is 4. The minimum absolute atomic E-state index is 0.312. The van der Waals surface area contributed by atoms with E-state index in [2.05, 4.69) is 41.4 Å². The molecule has 21 heavy (non-hydrogen) atoms. The summed E-state index contributed by atoms with van der Waals surface area (Å²) in [7, 11) is 0. The highest BCUT2D eigenvalue weighted by Crippen LogP contribution is 2.29. The standard InChI is InChI=1S/C13H11BrFN5O/c1-2-16-13-18-11-8(6-17-20-11)12(19-13)21-7-3-4-9(14)10(15)5-7/h3-6H,2H2,1H3,(H2,16,17,18,19,20). The van der Waals surface area contributed by atoms with Crippen molar-refractivity contribution in [3.05, 3.63) is 34.7 Å². The zero-order valence-corrected chi connectivity index (χ0v) is 12.6. The maximum absolute atomic E-state index is 13.5. The quantitative estimate of drug-likeness (QED) is 0.752. The molecule has 1 aromatic carbocycles. The Bertz CT molecular complexity index is 791. The summed E-state index contributed by atoms with van der Waals surface area (Å²) in [6.45, 7) is 2.61. The first-order chi connectivity index (χ1) is 10.2. The first-order valence-electron chi connectivity index (χ1n) is 6.25. The van der Waals surface area contributed by atoms with Crippen LogP contribution in [0.5, 0.6) is 11.6 Å². The molecule has 0 saturated heterocycles. The number of anilines is 1. The van der Waals surface area contributed by atoms with Crippen molar-refractivity contribution in [2.75, 3.05) is 11.9 Å². The molecular weight excluding hydrogens is 341 g/mol. The monoisotopic (exact) mass is 351 g/mol. The largest absolute Gasteiger partial charge is 0.438 e. The molecule has 0 unspecified atom stereocenters. The molecule has 0 saturated carbocycles. The topological polar surface area (TPSA) is 75.7 Å². The van der Waals surface area contributed by atoms with E-state index in [1.54, 1.807) is 18.3 Å². The van der Waals surface area contributed by atoms with Crippen molar-refractivity contribution in [3.63, 3.8) is 0 Å². The Balaban J connectivity index is 2.01. The van der Waals surface area contributed by atoms with Crippen LogP contribution in [-0.4, -0.2) is 26.7 Å². The molecule has 0 fully saturated rings. The summed E-state index contributed by atoms with van der Waals surface area (Å²) >= 11 is 3.10. The van der Waals surface area contributed by atoms with E-state index in [1.807, 2.05) is 6.92 Å². The summed E-state index contributed by atoms with van der Waals surface area (Å²) in [4.78, 5) is 8.53. The molecule has 0 aliphatic rings. The summed E-state index contributed by atoms with van der Waals surface area (Å²) in [6.07, 6.45) is 1.57. The first-order valence-corrected chi connectivity index (χ1v) is 7.04. The van der Waals surface area contributed by atoms with Crippen molar-refractivity contribution < 1.29 is 9.13 Å². The molecule has 0 radical (unpaired) electrons. The Hall–Kier alpha value is -2.22. The number of hydrogen-bond donors (Lipinski definition) is 2. The Morgan fingerprint density at radius 2 is 2.24 bits per heavy atom. The third kappa shape index (κ3) is 2.80. The number of ether oxygens (including phenoxy) is 1. The lowest BCUT2D eigenvalue weighted by Gasteiger charge is -2.08. The van der Waals surface area contributed by atoms with E-state index in [0.29, 0.717) is 39.6 Å². The van der Waals surface area contributed by atoms with Crippen LogP contribution in [0.15, 0.2) is 28.9 Å². The summed E-state index contributed by atoms with van der Waals surface area (Å²) in [6, 6.07) is 4.50. The van der Waals surface area contributed by atoms with Gasteiger partial charge in [0.25, 0.3) is 0 Å². The Kier molecular flexibility index (Phi) is 3.70. The van der Waals surface area contributed by atoms with Gasteiger partial charge in [0.2, 0.25) is 11.8 Å². The highest BCUT2D eigenvalue weighted by molar-refractivity contribution is 9.10. The smallest absolute Gasteiger partial charge is 0.235 e. The fourth-order valence-electron chi connectivity index (χ4n) is 1.78. The average molecular weight is 352 g/mol. The van der Waals surface area contributed by atoms with E-state index >= 15 is 0 Å². The van der Waals surface area contributed by atoms with Gasteiger partial charge in [-0.25, -0.2) is 4.39 Å². The molecule has 0 amide bonds. The average Bonchev–Trinajstić information content (AvgIpc) is 2.92. The van der Waals surface area contributed by atoms with Crippen LogP contribution >= 0.6 is 15.9 Å². The fraction of sp³-hybridized carbons (Fsp3) is 0.154. The van der Waals surface area contributed by atoms with Crippen molar-refractivity contribution in [2.45, 2.75) is 6.92 Å². The van der Waals surface area contributed by atoms with Crippen LogP contribution < -0.4 is 10.1 Å². The van der Waals surface area contributed by atoms with Crippen LogP contribution in [0.1, 0.15) is 6.92 Å². The number of nitrogens with zero attached hydrogens (tertiary/aromatic N) is 3. The molecule has 0 aliphatic heterocycles. The number of hydrogen-bond acceptors (Lipinski definition) is 5. The minimum Gasteiger partial charge on any atom is -0.438 e. The Morgan fingerprint density at radius 3 is 3.00 bits per heavy atom. The van der Waals surface area contributed by atoms with Gasteiger partial charge in [0, 0.05) is 12.6 Å².